The van der Waals surface area contributed by atoms with E-state index < -0.39 is 12.1 Å². The Morgan fingerprint density at radius 2 is 2.07 bits per heavy atom. The number of thiazole rings is 1. The van der Waals surface area contributed by atoms with Crippen LogP contribution in [0.4, 0.5) is 13.2 Å². The number of fused-ring (bicyclic) bond motifs is 1. The van der Waals surface area contributed by atoms with Crippen LogP contribution in [0, 0.1) is 0 Å². The number of hydrogen-bond acceptors (Lipinski definition) is 7. The lowest BCUT2D eigenvalue weighted by Gasteiger charge is -2.35. The Hall–Kier alpha value is -1.76. The molecule has 0 aromatic carbocycles. The average Bonchev–Trinajstić information content (AvgIpc) is 3.31. The highest BCUT2D eigenvalue weighted by molar-refractivity contribution is 7.09. The van der Waals surface area contributed by atoms with Crippen LogP contribution in [-0.2, 0) is 25.6 Å². The molecule has 1 amide bonds. The largest absolute Gasteiger partial charge is 0.490 e. The van der Waals surface area contributed by atoms with Crippen molar-refractivity contribution in [3.05, 3.63) is 16.6 Å². The van der Waals surface area contributed by atoms with Crippen molar-refractivity contribution in [3.8, 4) is 0 Å². The zero-order valence-corrected chi connectivity index (χ0v) is 17.6. The van der Waals surface area contributed by atoms with Gasteiger partial charge in [-0.15, -0.1) is 11.3 Å². The molecule has 3 rings (SSSR count). The van der Waals surface area contributed by atoms with Crippen LogP contribution >= 0.6 is 11.3 Å². The lowest BCUT2D eigenvalue weighted by molar-refractivity contribution is -0.192. The lowest BCUT2D eigenvalue weighted by atomic mass is 9.99. The summed E-state index contributed by atoms with van der Waals surface area (Å²) in [6.45, 7) is 2.65. The molecule has 1 N–H and O–H groups in total. The number of rotatable bonds is 6. The highest BCUT2D eigenvalue weighted by Crippen LogP contribution is 2.32. The summed E-state index contributed by atoms with van der Waals surface area (Å²) in [6.07, 6.45) is 0.390. The van der Waals surface area contributed by atoms with Gasteiger partial charge in [0.25, 0.3) is 0 Å². The average molecular weight is 453 g/mol. The third-order valence-corrected chi connectivity index (χ3v) is 5.61. The lowest BCUT2D eigenvalue weighted by Crippen LogP contribution is -2.43. The molecule has 0 unspecified atom stereocenters. The van der Waals surface area contributed by atoms with Crippen LogP contribution in [0.3, 0.4) is 0 Å². The number of alkyl halides is 3. The summed E-state index contributed by atoms with van der Waals surface area (Å²) in [4.78, 5) is 28.8. The minimum absolute atomic E-state index is 0.00539. The van der Waals surface area contributed by atoms with E-state index in [0.717, 1.165) is 32.4 Å². The number of halogens is 3. The molecule has 2 fully saturated rings. The van der Waals surface area contributed by atoms with Gasteiger partial charge in [0.15, 0.2) is 0 Å². The fourth-order valence-electron chi connectivity index (χ4n) is 3.32. The maximum Gasteiger partial charge on any atom is 0.490 e. The third kappa shape index (κ3) is 7.49. The zero-order valence-electron chi connectivity index (χ0n) is 16.8. The normalized spacial score (nSPS) is 24.0. The van der Waals surface area contributed by atoms with Gasteiger partial charge in [-0.25, -0.2) is 9.78 Å². The molecule has 0 bridgehead atoms. The number of aromatic nitrogens is 1. The van der Waals surface area contributed by atoms with Crippen LogP contribution < -0.4 is 0 Å². The van der Waals surface area contributed by atoms with Gasteiger partial charge in [-0.3, -0.25) is 9.69 Å². The summed E-state index contributed by atoms with van der Waals surface area (Å²) >= 11 is 1.72. The molecular weight excluding hydrogens is 427 g/mol. The second kappa shape index (κ2) is 11.0. The number of carbonyl (C=O) groups is 2. The van der Waals surface area contributed by atoms with E-state index in [2.05, 4.69) is 9.88 Å². The Balaban J connectivity index is 0.000000396. The SMILES string of the molecule is CN(C)C(=O)COC[C@H]1CC[C@H]2[C@H](CCN2Cc2nccs2)O1.O=C(O)C(F)(F)F. The topological polar surface area (TPSA) is 92.2 Å². The minimum Gasteiger partial charge on any atom is -0.475 e. The van der Waals surface area contributed by atoms with E-state index in [9.17, 15) is 18.0 Å². The highest BCUT2D eigenvalue weighted by Gasteiger charge is 2.40. The first-order chi connectivity index (χ1) is 14.1. The number of carboxylic acid groups (broad SMARTS) is 1. The van der Waals surface area contributed by atoms with Gasteiger partial charge in [0.1, 0.15) is 11.6 Å². The van der Waals surface area contributed by atoms with Crippen molar-refractivity contribution in [1.29, 1.82) is 0 Å². The molecule has 30 heavy (non-hydrogen) atoms. The van der Waals surface area contributed by atoms with Gasteiger partial charge in [0, 0.05) is 38.3 Å². The van der Waals surface area contributed by atoms with Gasteiger partial charge in [0.2, 0.25) is 5.91 Å². The summed E-state index contributed by atoms with van der Waals surface area (Å²) in [5.41, 5.74) is 0. The number of likely N-dealkylation sites (tertiary alicyclic amines) is 1. The van der Waals surface area contributed by atoms with E-state index in [0.29, 0.717) is 18.8 Å². The minimum atomic E-state index is -5.08. The summed E-state index contributed by atoms with van der Waals surface area (Å²) < 4.78 is 43.4. The second-order valence-corrected chi connectivity index (χ2v) is 8.21. The summed E-state index contributed by atoms with van der Waals surface area (Å²) in [5.74, 6) is -2.76. The summed E-state index contributed by atoms with van der Waals surface area (Å²) in [7, 11) is 3.48. The van der Waals surface area contributed by atoms with Crippen LogP contribution in [0.5, 0.6) is 0 Å². The number of nitrogens with zero attached hydrogens (tertiary/aromatic N) is 3. The van der Waals surface area contributed by atoms with Crippen molar-refractivity contribution in [2.45, 2.75) is 50.2 Å². The van der Waals surface area contributed by atoms with Crippen molar-refractivity contribution in [1.82, 2.24) is 14.8 Å². The maximum absolute atomic E-state index is 11.5. The number of aliphatic carboxylic acids is 1. The maximum atomic E-state index is 11.5. The first-order valence-electron chi connectivity index (χ1n) is 9.43. The molecule has 3 heterocycles. The quantitative estimate of drug-likeness (QED) is 0.704. The molecule has 8 nitrogen and oxygen atoms in total. The van der Waals surface area contributed by atoms with Gasteiger partial charge in [0.05, 0.1) is 25.4 Å². The first kappa shape index (κ1) is 24.5. The van der Waals surface area contributed by atoms with E-state index >= 15 is 0 Å². The molecule has 2 aliphatic rings. The Kier molecular flexibility index (Phi) is 9.01. The zero-order chi connectivity index (χ0) is 22.3. The van der Waals surface area contributed by atoms with Crippen LogP contribution in [-0.4, -0.2) is 90.0 Å². The molecular formula is C18H26F3N3O5S. The molecule has 1 aromatic rings. The molecule has 12 heteroatoms. The van der Waals surface area contributed by atoms with Gasteiger partial charge in [-0.2, -0.15) is 13.2 Å². The first-order valence-corrected chi connectivity index (χ1v) is 10.3. The molecule has 0 radical (unpaired) electrons. The molecule has 0 spiro atoms. The Labute approximate surface area is 176 Å². The van der Waals surface area contributed by atoms with Crippen LogP contribution in [0.1, 0.15) is 24.3 Å². The van der Waals surface area contributed by atoms with Gasteiger partial charge < -0.3 is 19.5 Å². The number of amides is 1. The van der Waals surface area contributed by atoms with Gasteiger partial charge in [-0.1, -0.05) is 0 Å². The number of ether oxygens (including phenoxy) is 2. The Morgan fingerprint density at radius 1 is 1.37 bits per heavy atom. The predicted molar refractivity (Wildman–Crippen MR) is 102 cm³/mol. The molecule has 1 aromatic heterocycles. The van der Waals surface area contributed by atoms with E-state index in [1.54, 1.807) is 30.3 Å². The summed E-state index contributed by atoms with van der Waals surface area (Å²) in [6, 6.07) is 0.499. The predicted octanol–water partition coefficient (Wildman–Crippen LogP) is 2.00. The smallest absolute Gasteiger partial charge is 0.475 e. The fourth-order valence-corrected chi connectivity index (χ4v) is 3.96. The highest BCUT2D eigenvalue weighted by atomic mass is 32.1. The van der Waals surface area contributed by atoms with E-state index in [-0.39, 0.29) is 18.6 Å². The third-order valence-electron chi connectivity index (χ3n) is 4.84. The van der Waals surface area contributed by atoms with Crippen molar-refractivity contribution in [2.24, 2.45) is 0 Å². The van der Waals surface area contributed by atoms with E-state index in [4.69, 9.17) is 19.4 Å². The van der Waals surface area contributed by atoms with E-state index in [1.165, 1.54) is 5.01 Å². The Morgan fingerprint density at radius 3 is 2.63 bits per heavy atom. The molecule has 2 aliphatic heterocycles. The molecule has 0 saturated carbocycles. The standard InChI is InChI=1S/C16H25N3O3S.C2HF3O2/c1-18(2)16(20)11-21-10-12-3-4-13-14(22-12)5-7-19(13)9-15-17-6-8-23-15;3-2(4,5)1(6)7/h6,8,12-14H,3-5,7,9-11H2,1-2H3;(H,6,7)/t12-,13+,14+;/m1./s1. The van der Waals surface area contributed by atoms with Gasteiger partial charge in [-0.05, 0) is 19.3 Å². The summed E-state index contributed by atoms with van der Waals surface area (Å²) in [5, 5.41) is 10.3. The second-order valence-electron chi connectivity index (χ2n) is 7.23. The number of likely N-dealkylation sites (N-methyl/N-ethyl adjacent to an activating group) is 1. The van der Waals surface area contributed by atoms with Crippen molar-refractivity contribution in [3.63, 3.8) is 0 Å². The molecule has 2 saturated heterocycles. The van der Waals surface area contributed by atoms with Crippen LogP contribution in [0.15, 0.2) is 11.6 Å². The Bertz CT molecular complexity index is 687. The number of carboxylic acids is 1. The van der Waals surface area contributed by atoms with Crippen molar-refractivity contribution < 1.29 is 37.3 Å². The number of hydrogen-bond donors (Lipinski definition) is 1. The van der Waals surface area contributed by atoms with Crippen LogP contribution in [0.2, 0.25) is 0 Å². The van der Waals surface area contributed by atoms with Crippen molar-refractivity contribution in [2.75, 3.05) is 33.9 Å². The molecule has 0 aliphatic carbocycles. The number of carbonyl (C=O) groups excluding carboxylic acids is 1. The fraction of sp³-hybridized carbons (Fsp3) is 0.722. The van der Waals surface area contributed by atoms with Crippen LogP contribution in [0.25, 0.3) is 0 Å². The van der Waals surface area contributed by atoms with E-state index in [1.807, 2.05) is 11.6 Å². The molecule has 3 atom stereocenters. The van der Waals surface area contributed by atoms with Crippen molar-refractivity contribution >= 4 is 23.2 Å². The monoisotopic (exact) mass is 453 g/mol. The molecule has 170 valence electrons. The van der Waals surface area contributed by atoms with Gasteiger partial charge >= 0.3 is 12.1 Å².